The number of benzene rings is 2. The number of methoxy groups -OCH3 is 1. The van der Waals surface area contributed by atoms with Gasteiger partial charge in [0.25, 0.3) is 11.7 Å². The van der Waals surface area contributed by atoms with E-state index < -0.39 is 23.5 Å². The number of rotatable bonds is 6. The van der Waals surface area contributed by atoms with Gasteiger partial charge in [-0.1, -0.05) is 29.3 Å². The highest BCUT2D eigenvalue weighted by molar-refractivity contribution is 6.46. The number of carbonyl (C=O) groups excluding carboxylic acids is 2. The molecule has 31 heavy (non-hydrogen) atoms. The first-order valence-corrected chi connectivity index (χ1v) is 10.2. The Bertz CT molecular complexity index is 1070. The number of aromatic hydroxyl groups is 1. The van der Waals surface area contributed by atoms with E-state index >= 15 is 0 Å². The number of amides is 1. The molecular formula is C22H22Cl2N2O5. The summed E-state index contributed by atoms with van der Waals surface area (Å²) in [5.41, 5.74) is 0.560. The summed E-state index contributed by atoms with van der Waals surface area (Å²) in [6.07, 6.45) is 0. The minimum absolute atomic E-state index is 0.0658. The fourth-order valence-corrected chi connectivity index (χ4v) is 3.83. The molecule has 9 heteroatoms. The molecule has 0 aliphatic carbocycles. The molecular weight excluding hydrogens is 443 g/mol. The van der Waals surface area contributed by atoms with E-state index in [0.717, 1.165) is 0 Å². The fourth-order valence-electron chi connectivity index (χ4n) is 3.47. The molecule has 2 N–H and O–H groups in total. The van der Waals surface area contributed by atoms with Crippen LogP contribution in [0.15, 0.2) is 42.0 Å². The number of aliphatic hydroxyl groups excluding tert-OH is 1. The third-order valence-corrected chi connectivity index (χ3v) is 5.57. The van der Waals surface area contributed by atoms with E-state index in [1.165, 1.54) is 30.2 Å². The second-order valence-corrected chi connectivity index (χ2v) is 8.19. The lowest BCUT2D eigenvalue weighted by Gasteiger charge is -2.27. The van der Waals surface area contributed by atoms with Crippen molar-refractivity contribution >= 4 is 40.7 Å². The Labute approximate surface area is 190 Å². The van der Waals surface area contributed by atoms with Crippen LogP contribution in [0.5, 0.6) is 11.5 Å². The van der Waals surface area contributed by atoms with Crippen molar-refractivity contribution in [3.8, 4) is 11.5 Å². The summed E-state index contributed by atoms with van der Waals surface area (Å²) in [7, 11) is 5.12. The molecule has 1 saturated heterocycles. The van der Waals surface area contributed by atoms with Gasteiger partial charge in [0.2, 0.25) is 0 Å². The average molecular weight is 465 g/mol. The van der Waals surface area contributed by atoms with Crippen LogP contribution in [0.1, 0.15) is 17.2 Å². The summed E-state index contributed by atoms with van der Waals surface area (Å²) >= 11 is 12.2. The normalized spacial score (nSPS) is 18.1. The maximum Gasteiger partial charge on any atom is 0.295 e. The second kappa shape index (κ2) is 9.18. The highest BCUT2D eigenvalue weighted by Gasteiger charge is 2.46. The molecule has 2 aromatic carbocycles. The van der Waals surface area contributed by atoms with Crippen LogP contribution in [0.2, 0.25) is 10.0 Å². The van der Waals surface area contributed by atoms with Gasteiger partial charge in [-0.25, -0.2) is 0 Å². The van der Waals surface area contributed by atoms with Crippen molar-refractivity contribution in [1.82, 2.24) is 9.80 Å². The van der Waals surface area contributed by atoms with Crippen molar-refractivity contribution in [3.05, 3.63) is 63.1 Å². The molecule has 0 aromatic heterocycles. The molecule has 164 valence electrons. The van der Waals surface area contributed by atoms with Crippen LogP contribution in [-0.4, -0.2) is 66.0 Å². The number of likely N-dealkylation sites (tertiary alicyclic amines) is 1. The van der Waals surface area contributed by atoms with Crippen LogP contribution in [-0.2, 0) is 9.59 Å². The number of hydrogen-bond donors (Lipinski definition) is 2. The maximum atomic E-state index is 13.0. The smallest absolute Gasteiger partial charge is 0.295 e. The number of phenols is 1. The standard InChI is InChI=1S/C22H22Cl2N2O5/c1-25(2)8-9-26-19(12-4-6-16(27)15(24)10-12)18(21(29)22(26)30)20(28)14-11-13(23)5-7-17(14)31-3/h4-7,10-11,19,27-28H,8-9H2,1-3H3/b20-18+. The number of likely N-dealkylation sites (N-methyl/N-ethyl adjacent to an activating group) is 1. The molecule has 2 aromatic rings. The quantitative estimate of drug-likeness (QED) is 0.384. The van der Waals surface area contributed by atoms with E-state index in [4.69, 9.17) is 27.9 Å². The summed E-state index contributed by atoms with van der Waals surface area (Å²) in [4.78, 5) is 29.2. The highest BCUT2D eigenvalue weighted by Crippen LogP contribution is 2.42. The highest BCUT2D eigenvalue weighted by atomic mass is 35.5. The van der Waals surface area contributed by atoms with E-state index in [1.54, 1.807) is 18.2 Å². The molecule has 3 rings (SSSR count). The van der Waals surface area contributed by atoms with Gasteiger partial charge in [0, 0.05) is 18.1 Å². The largest absolute Gasteiger partial charge is 0.507 e. The first-order chi connectivity index (χ1) is 14.6. The van der Waals surface area contributed by atoms with Crippen molar-refractivity contribution in [3.63, 3.8) is 0 Å². The Hall–Kier alpha value is -2.74. The van der Waals surface area contributed by atoms with E-state index in [9.17, 15) is 19.8 Å². The molecule has 1 aliphatic heterocycles. The van der Waals surface area contributed by atoms with Gasteiger partial charge >= 0.3 is 0 Å². The first-order valence-electron chi connectivity index (χ1n) is 9.41. The van der Waals surface area contributed by atoms with Gasteiger partial charge in [-0.3, -0.25) is 9.59 Å². The third-order valence-electron chi connectivity index (χ3n) is 5.03. The van der Waals surface area contributed by atoms with Gasteiger partial charge in [0.15, 0.2) is 0 Å². The van der Waals surface area contributed by atoms with Crippen molar-refractivity contribution in [1.29, 1.82) is 0 Å². The Kier molecular flexibility index (Phi) is 6.79. The SMILES string of the molecule is COc1ccc(Cl)cc1/C(O)=C1\C(=O)C(=O)N(CCN(C)C)C1c1ccc(O)c(Cl)c1. The van der Waals surface area contributed by atoms with Gasteiger partial charge in [0.1, 0.15) is 17.3 Å². The first kappa shape index (κ1) is 22.9. The minimum Gasteiger partial charge on any atom is -0.507 e. The zero-order valence-electron chi connectivity index (χ0n) is 17.2. The molecule has 1 fully saturated rings. The van der Waals surface area contributed by atoms with Crippen molar-refractivity contribution in [2.45, 2.75) is 6.04 Å². The van der Waals surface area contributed by atoms with Crippen molar-refractivity contribution in [2.75, 3.05) is 34.3 Å². The summed E-state index contributed by atoms with van der Waals surface area (Å²) in [6, 6.07) is 8.12. The predicted molar refractivity (Wildman–Crippen MR) is 119 cm³/mol. The molecule has 0 spiro atoms. The Morgan fingerprint density at radius 3 is 2.48 bits per heavy atom. The van der Waals surface area contributed by atoms with Crippen LogP contribution in [0.3, 0.4) is 0 Å². The maximum absolute atomic E-state index is 13.0. The van der Waals surface area contributed by atoms with Crippen molar-refractivity contribution < 1.29 is 24.5 Å². The molecule has 0 radical (unpaired) electrons. The topological polar surface area (TPSA) is 90.3 Å². The lowest BCUT2D eigenvalue weighted by Crippen LogP contribution is -2.35. The van der Waals surface area contributed by atoms with Gasteiger partial charge < -0.3 is 24.7 Å². The van der Waals surface area contributed by atoms with Crippen LogP contribution in [0, 0.1) is 0 Å². The Morgan fingerprint density at radius 1 is 1.16 bits per heavy atom. The Morgan fingerprint density at radius 2 is 1.87 bits per heavy atom. The molecule has 1 aliphatic rings. The number of halogens is 2. The molecule has 0 saturated carbocycles. The summed E-state index contributed by atoms with van der Waals surface area (Å²) in [5, 5.41) is 21.3. The van der Waals surface area contributed by atoms with Crippen LogP contribution >= 0.6 is 23.2 Å². The van der Waals surface area contributed by atoms with Gasteiger partial charge in [-0.05, 0) is 50.0 Å². The number of Topliss-reactive ketones (excluding diaryl/α,β-unsaturated/α-hetero) is 1. The number of aliphatic hydroxyl groups is 1. The molecule has 0 bridgehead atoms. The van der Waals surface area contributed by atoms with Crippen LogP contribution in [0.4, 0.5) is 0 Å². The van der Waals surface area contributed by atoms with Gasteiger partial charge in [0.05, 0.1) is 29.3 Å². The van der Waals surface area contributed by atoms with Crippen molar-refractivity contribution in [2.24, 2.45) is 0 Å². The van der Waals surface area contributed by atoms with Crippen LogP contribution in [0.25, 0.3) is 5.76 Å². The molecule has 1 amide bonds. The minimum atomic E-state index is -0.901. The van der Waals surface area contributed by atoms with E-state index in [2.05, 4.69) is 0 Å². The number of phenolic OH excluding ortho intramolecular Hbond substituents is 1. The molecule has 1 unspecified atom stereocenters. The van der Waals surface area contributed by atoms with Crippen LogP contribution < -0.4 is 4.74 Å². The molecule has 1 atom stereocenters. The average Bonchev–Trinajstić information content (AvgIpc) is 2.98. The Balaban J connectivity index is 2.23. The lowest BCUT2D eigenvalue weighted by atomic mass is 9.95. The zero-order valence-corrected chi connectivity index (χ0v) is 18.7. The fraction of sp³-hybridized carbons (Fsp3) is 0.273. The lowest BCUT2D eigenvalue weighted by molar-refractivity contribution is -0.140. The summed E-state index contributed by atoms with van der Waals surface area (Å²) in [6.45, 7) is 0.736. The number of nitrogens with zero attached hydrogens (tertiary/aromatic N) is 2. The number of hydrogen-bond acceptors (Lipinski definition) is 6. The monoisotopic (exact) mass is 464 g/mol. The zero-order chi connectivity index (χ0) is 22.9. The summed E-state index contributed by atoms with van der Waals surface area (Å²) < 4.78 is 5.30. The molecule has 1 heterocycles. The van der Waals surface area contributed by atoms with E-state index in [-0.39, 0.29) is 28.5 Å². The molecule has 7 nitrogen and oxygen atoms in total. The predicted octanol–water partition coefficient (Wildman–Crippen LogP) is 3.69. The third kappa shape index (κ3) is 4.49. The van der Waals surface area contributed by atoms with E-state index in [1.807, 2.05) is 19.0 Å². The van der Waals surface area contributed by atoms with Gasteiger partial charge in [-0.2, -0.15) is 0 Å². The van der Waals surface area contributed by atoms with E-state index in [0.29, 0.717) is 22.9 Å². The number of ketones is 1. The number of ether oxygens (including phenoxy) is 1. The number of carbonyl (C=O) groups is 2. The second-order valence-electron chi connectivity index (χ2n) is 7.35. The summed E-state index contributed by atoms with van der Waals surface area (Å²) in [5.74, 6) is -1.80. The van der Waals surface area contributed by atoms with Gasteiger partial charge in [-0.15, -0.1) is 0 Å².